The second-order valence-electron chi connectivity index (χ2n) is 12.8. The third-order valence-electron chi connectivity index (χ3n) is 8.46. The van der Waals surface area contributed by atoms with Crippen molar-refractivity contribution in [2.45, 2.75) is 77.0 Å². The van der Waals surface area contributed by atoms with Crippen molar-refractivity contribution in [2.24, 2.45) is 0 Å². The quantitative estimate of drug-likeness (QED) is 0.422. The monoisotopic (exact) mass is 624 g/mol. The molecule has 2 atom stereocenters. The van der Waals surface area contributed by atoms with Gasteiger partial charge in [-0.1, -0.05) is 6.07 Å². The Bertz CT molecular complexity index is 1410. The molecule has 4 aliphatic rings. The number of hydrogen-bond donors (Lipinski definition) is 2. The number of piperazine rings is 1. The molecule has 7 amide bonds. The molecule has 4 heterocycles. The van der Waals surface area contributed by atoms with Crippen molar-refractivity contribution < 1.29 is 38.3 Å². The average Bonchev–Trinajstić information content (AvgIpc) is 3.54. The molecule has 0 aromatic heterocycles. The van der Waals surface area contributed by atoms with Crippen LogP contribution >= 0.6 is 0 Å². The summed E-state index contributed by atoms with van der Waals surface area (Å²) in [4.78, 5) is 94.7. The van der Waals surface area contributed by atoms with Crippen molar-refractivity contribution in [1.29, 1.82) is 0 Å². The number of rotatable bonds is 7. The number of piperidine rings is 1. The second-order valence-corrected chi connectivity index (χ2v) is 12.8. The number of benzene rings is 1. The van der Waals surface area contributed by atoms with Crippen molar-refractivity contribution in [3.05, 3.63) is 29.3 Å². The van der Waals surface area contributed by atoms with Gasteiger partial charge in [-0.15, -0.1) is 0 Å². The Morgan fingerprint density at radius 2 is 1.60 bits per heavy atom. The van der Waals surface area contributed by atoms with E-state index in [0.717, 1.165) is 4.90 Å². The molecule has 3 fully saturated rings. The summed E-state index contributed by atoms with van der Waals surface area (Å²) >= 11 is 0. The number of ether oxygens (including phenoxy) is 1. The van der Waals surface area contributed by atoms with Gasteiger partial charge in [-0.25, -0.2) is 4.79 Å². The molecule has 0 spiro atoms. The number of imide groups is 2. The Morgan fingerprint density at radius 3 is 2.27 bits per heavy atom. The Kier molecular flexibility index (Phi) is 9.12. The highest BCUT2D eigenvalue weighted by molar-refractivity contribution is 6.25. The highest BCUT2D eigenvalue weighted by atomic mass is 16.6. The first-order valence-corrected chi connectivity index (χ1v) is 15.5. The molecule has 0 saturated carbocycles. The minimum atomic E-state index is -1.04. The molecule has 0 bridgehead atoms. The van der Waals surface area contributed by atoms with Crippen LogP contribution in [0, 0.1) is 0 Å². The predicted octanol–water partition coefficient (Wildman–Crippen LogP) is 1.03. The maximum Gasteiger partial charge on any atom is 0.407 e. The third kappa shape index (κ3) is 7.10. The minimum absolute atomic E-state index is 0.0485. The summed E-state index contributed by atoms with van der Waals surface area (Å²) in [6.07, 6.45) is 1.16. The number of anilines is 1. The highest BCUT2D eigenvalue weighted by Crippen LogP contribution is 2.34. The van der Waals surface area contributed by atoms with Crippen LogP contribution in [-0.2, 0) is 23.9 Å². The van der Waals surface area contributed by atoms with Gasteiger partial charge >= 0.3 is 6.09 Å². The number of carbonyl (C=O) groups is 7. The molecular formula is C31H40N6O8. The molecule has 4 aliphatic heterocycles. The highest BCUT2D eigenvalue weighted by Gasteiger charge is 2.46. The van der Waals surface area contributed by atoms with Gasteiger partial charge in [0.25, 0.3) is 11.8 Å². The molecule has 45 heavy (non-hydrogen) atoms. The fourth-order valence-electron chi connectivity index (χ4n) is 6.24. The third-order valence-corrected chi connectivity index (χ3v) is 8.46. The number of hydrogen-bond acceptors (Lipinski definition) is 9. The van der Waals surface area contributed by atoms with Crippen LogP contribution < -0.4 is 15.5 Å². The van der Waals surface area contributed by atoms with Crippen molar-refractivity contribution in [1.82, 2.24) is 25.3 Å². The van der Waals surface area contributed by atoms with Crippen LogP contribution in [0.4, 0.5) is 10.5 Å². The van der Waals surface area contributed by atoms with Crippen LogP contribution in [0.1, 0.15) is 80.0 Å². The maximum atomic E-state index is 13.4. The van der Waals surface area contributed by atoms with E-state index in [1.807, 2.05) is 4.90 Å². The van der Waals surface area contributed by atoms with Crippen LogP contribution in [0.3, 0.4) is 0 Å². The molecule has 14 heteroatoms. The summed E-state index contributed by atoms with van der Waals surface area (Å²) in [5.41, 5.74) is 0.425. The lowest BCUT2D eigenvalue weighted by Crippen LogP contribution is -2.54. The molecule has 5 rings (SSSR count). The molecule has 242 valence electrons. The van der Waals surface area contributed by atoms with Crippen molar-refractivity contribution in [2.75, 3.05) is 44.2 Å². The van der Waals surface area contributed by atoms with E-state index >= 15 is 0 Å². The van der Waals surface area contributed by atoms with Gasteiger partial charge in [0, 0.05) is 58.5 Å². The summed E-state index contributed by atoms with van der Waals surface area (Å²) < 4.78 is 5.29. The number of alkyl carbamates (subject to hydrolysis) is 1. The molecule has 1 unspecified atom stereocenters. The smallest absolute Gasteiger partial charge is 0.407 e. The topological polar surface area (TPSA) is 166 Å². The van der Waals surface area contributed by atoms with E-state index in [1.165, 1.54) is 0 Å². The molecule has 2 N–H and O–H groups in total. The standard InChI is InChI=1S/C31H40N6O8/c1-31(2,3)45-30(44)32-19-12-13-36(18-19)25(40)9-5-8-24(39)35-16-14-34(15-17-35)21-7-4-6-20-26(21)29(43)37(28(20)42)22-10-11-23(38)33-27(22)41/h4,6-7,19,22H,5,8-18H2,1-3H3,(H,32,44)(H,33,38,41)/t19-,22?/m1/s1. The largest absolute Gasteiger partial charge is 0.444 e. The molecule has 1 aromatic carbocycles. The van der Waals surface area contributed by atoms with Gasteiger partial charge in [-0.05, 0) is 52.2 Å². The van der Waals surface area contributed by atoms with Crippen LogP contribution in [0.15, 0.2) is 18.2 Å². The minimum Gasteiger partial charge on any atom is -0.444 e. The maximum absolute atomic E-state index is 13.4. The summed E-state index contributed by atoms with van der Waals surface area (Å²) in [5, 5.41) is 5.01. The number of nitrogens with zero attached hydrogens (tertiary/aromatic N) is 4. The van der Waals surface area contributed by atoms with Crippen molar-refractivity contribution in [3.8, 4) is 0 Å². The Balaban J connectivity index is 1.08. The Hall–Kier alpha value is -4.49. The van der Waals surface area contributed by atoms with Crippen LogP contribution in [0.25, 0.3) is 0 Å². The van der Waals surface area contributed by atoms with E-state index in [9.17, 15) is 33.6 Å². The fourth-order valence-corrected chi connectivity index (χ4v) is 6.24. The molecular weight excluding hydrogens is 584 g/mol. The Morgan fingerprint density at radius 1 is 0.911 bits per heavy atom. The lowest BCUT2D eigenvalue weighted by Gasteiger charge is -2.37. The SMILES string of the molecule is CC(C)(C)OC(=O)N[C@@H]1CCN(C(=O)CCCC(=O)N2CCN(c3cccc4c3C(=O)N(C3CCC(=O)NC3=O)C4=O)CC2)C1. The van der Waals surface area contributed by atoms with Crippen LogP contribution in [0.5, 0.6) is 0 Å². The van der Waals surface area contributed by atoms with E-state index in [1.54, 1.807) is 48.8 Å². The fraction of sp³-hybridized carbons (Fsp3) is 0.581. The lowest BCUT2D eigenvalue weighted by molar-refractivity contribution is -0.136. The first kappa shape index (κ1) is 31.9. The van der Waals surface area contributed by atoms with Gasteiger partial charge in [-0.2, -0.15) is 0 Å². The van der Waals surface area contributed by atoms with Crippen LogP contribution in [0.2, 0.25) is 0 Å². The van der Waals surface area contributed by atoms with Gasteiger partial charge in [0.05, 0.1) is 22.9 Å². The molecule has 3 saturated heterocycles. The Labute approximate surface area is 261 Å². The first-order chi connectivity index (χ1) is 21.3. The predicted molar refractivity (Wildman–Crippen MR) is 160 cm³/mol. The molecule has 0 radical (unpaired) electrons. The van der Waals surface area contributed by atoms with Gasteiger partial charge in [0.15, 0.2) is 0 Å². The summed E-state index contributed by atoms with van der Waals surface area (Å²) in [6.45, 7) is 8.05. The van der Waals surface area contributed by atoms with Gasteiger partial charge in [0.2, 0.25) is 23.6 Å². The second kappa shape index (κ2) is 12.9. The molecule has 1 aromatic rings. The van der Waals surface area contributed by atoms with Gasteiger partial charge in [0.1, 0.15) is 11.6 Å². The van der Waals surface area contributed by atoms with Crippen molar-refractivity contribution in [3.63, 3.8) is 0 Å². The number of fused-ring (bicyclic) bond motifs is 1. The first-order valence-electron chi connectivity index (χ1n) is 15.5. The summed E-state index contributed by atoms with van der Waals surface area (Å²) in [6, 6.07) is 3.81. The number of amides is 7. The van der Waals surface area contributed by atoms with Crippen molar-refractivity contribution >= 4 is 47.2 Å². The zero-order chi connectivity index (χ0) is 32.5. The number of likely N-dealkylation sites (tertiary alicyclic amines) is 1. The zero-order valence-electron chi connectivity index (χ0n) is 25.9. The number of nitrogens with one attached hydrogen (secondary N) is 2. The molecule has 14 nitrogen and oxygen atoms in total. The van der Waals surface area contributed by atoms with E-state index in [2.05, 4.69) is 10.6 Å². The number of carbonyl (C=O) groups excluding carboxylic acids is 7. The molecule has 0 aliphatic carbocycles. The van der Waals surface area contributed by atoms with Crippen LogP contribution in [-0.4, -0.2) is 113 Å². The summed E-state index contributed by atoms with van der Waals surface area (Å²) in [7, 11) is 0. The van der Waals surface area contributed by atoms with Gasteiger partial charge < -0.3 is 24.8 Å². The normalized spacial score (nSPS) is 22.0. The average molecular weight is 625 g/mol. The van der Waals surface area contributed by atoms with E-state index < -0.39 is 41.4 Å². The van der Waals surface area contributed by atoms with E-state index in [0.29, 0.717) is 57.8 Å². The lowest BCUT2D eigenvalue weighted by atomic mass is 10.0. The van der Waals surface area contributed by atoms with Gasteiger partial charge in [-0.3, -0.25) is 39.0 Å². The summed E-state index contributed by atoms with van der Waals surface area (Å²) in [5.74, 6) is -2.31. The van der Waals surface area contributed by atoms with E-state index in [-0.39, 0.29) is 54.7 Å². The zero-order valence-corrected chi connectivity index (χ0v) is 25.9. The van der Waals surface area contributed by atoms with E-state index in [4.69, 9.17) is 4.74 Å².